The molecule has 0 radical (unpaired) electrons. The average Bonchev–Trinajstić information content (AvgIpc) is 2.54. The molecule has 1 atom stereocenters. The number of hydrogen-bond donors (Lipinski definition) is 1. The van der Waals surface area contributed by atoms with E-state index in [1.165, 1.54) is 17.7 Å². The molecule has 124 valence electrons. The number of nitrogens with zero attached hydrogens (tertiary/aromatic N) is 1. The molecule has 0 aromatic heterocycles. The van der Waals surface area contributed by atoms with Crippen LogP contribution >= 0.6 is 11.6 Å². The lowest BCUT2D eigenvalue weighted by Gasteiger charge is -2.25. The normalized spacial score (nSPS) is 12.2. The number of benzene rings is 2. The molecule has 0 bridgehead atoms. The Kier molecular flexibility index (Phi) is 6.43. The smallest absolute Gasteiger partial charge is 0.123 e. The maximum absolute atomic E-state index is 13.1. The van der Waals surface area contributed by atoms with Crippen molar-refractivity contribution >= 4 is 23.0 Å². The lowest BCUT2D eigenvalue weighted by atomic mass is 9.92. The van der Waals surface area contributed by atoms with E-state index in [-0.39, 0.29) is 5.82 Å². The van der Waals surface area contributed by atoms with Crippen molar-refractivity contribution in [2.45, 2.75) is 26.2 Å². The molecule has 2 aromatic carbocycles. The summed E-state index contributed by atoms with van der Waals surface area (Å²) in [6.45, 7) is 2.89. The van der Waals surface area contributed by atoms with Crippen LogP contribution in [0.1, 0.15) is 25.3 Å². The second-order valence-electron chi connectivity index (χ2n) is 5.86. The van der Waals surface area contributed by atoms with Gasteiger partial charge in [-0.25, -0.2) is 4.39 Å². The maximum Gasteiger partial charge on any atom is 0.123 e. The van der Waals surface area contributed by atoms with Crippen LogP contribution in [0, 0.1) is 11.7 Å². The van der Waals surface area contributed by atoms with Gasteiger partial charge in [-0.05, 0) is 73.3 Å². The first-order valence-corrected chi connectivity index (χ1v) is 8.40. The van der Waals surface area contributed by atoms with Crippen molar-refractivity contribution in [2.24, 2.45) is 11.7 Å². The summed E-state index contributed by atoms with van der Waals surface area (Å²) in [6, 6.07) is 12.5. The Morgan fingerprint density at radius 2 is 1.87 bits per heavy atom. The fourth-order valence-corrected chi connectivity index (χ4v) is 3.04. The van der Waals surface area contributed by atoms with Crippen LogP contribution < -0.4 is 10.6 Å². The van der Waals surface area contributed by atoms with Crippen LogP contribution in [0.25, 0.3) is 0 Å². The van der Waals surface area contributed by atoms with Crippen molar-refractivity contribution in [3.05, 3.63) is 58.9 Å². The Hall–Kier alpha value is -1.58. The van der Waals surface area contributed by atoms with Crippen LogP contribution in [0.15, 0.2) is 42.5 Å². The highest BCUT2D eigenvalue weighted by molar-refractivity contribution is 6.30. The van der Waals surface area contributed by atoms with Gasteiger partial charge in [0.2, 0.25) is 0 Å². The highest BCUT2D eigenvalue weighted by Gasteiger charge is 2.14. The minimum Gasteiger partial charge on any atom is -0.344 e. The molecule has 0 aliphatic rings. The van der Waals surface area contributed by atoms with Crippen LogP contribution in [0.4, 0.5) is 15.8 Å². The number of halogens is 2. The molecule has 2 nitrogen and oxygen atoms in total. The summed E-state index contributed by atoms with van der Waals surface area (Å²) < 4.78 is 13.1. The molecule has 0 fully saturated rings. The number of rotatable bonds is 7. The number of hydrogen-bond acceptors (Lipinski definition) is 2. The molecular weight excluding hydrogens is 311 g/mol. The first-order chi connectivity index (χ1) is 11.0. The first kappa shape index (κ1) is 17.8. The minimum atomic E-state index is -0.229. The van der Waals surface area contributed by atoms with Gasteiger partial charge in [-0.3, -0.25) is 0 Å². The molecule has 0 heterocycles. The maximum atomic E-state index is 13.1. The lowest BCUT2D eigenvalue weighted by molar-refractivity contribution is 0.475. The second kappa shape index (κ2) is 8.32. The van der Waals surface area contributed by atoms with E-state index in [4.69, 9.17) is 17.3 Å². The van der Waals surface area contributed by atoms with E-state index in [2.05, 4.69) is 11.8 Å². The third-order valence-electron chi connectivity index (χ3n) is 4.28. The zero-order valence-electron chi connectivity index (χ0n) is 13.7. The van der Waals surface area contributed by atoms with E-state index >= 15 is 0 Å². The monoisotopic (exact) mass is 334 g/mol. The van der Waals surface area contributed by atoms with Gasteiger partial charge < -0.3 is 10.6 Å². The van der Waals surface area contributed by atoms with Gasteiger partial charge in [0.1, 0.15) is 5.82 Å². The zero-order chi connectivity index (χ0) is 16.8. The van der Waals surface area contributed by atoms with Crippen LogP contribution in [-0.2, 0) is 6.42 Å². The van der Waals surface area contributed by atoms with Crippen molar-refractivity contribution < 1.29 is 4.39 Å². The van der Waals surface area contributed by atoms with Crippen LogP contribution in [0.2, 0.25) is 5.02 Å². The standard InChI is InChI=1S/C19H24ClFN2/c1-3-14(10-11-22)12-15-13-16(20)4-9-19(15)23(2)18-7-5-17(21)6-8-18/h4-9,13-14H,3,10-12,22H2,1-2H3. The highest BCUT2D eigenvalue weighted by atomic mass is 35.5. The fourth-order valence-electron chi connectivity index (χ4n) is 2.85. The van der Waals surface area contributed by atoms with Gasteiger partial charge in [-0.15, -0.1) is 0 Å². The summed E-state index contributed by atoms with van der Waals surface area (Å²) in [6.07, 6.45) is 3.03. The molecule has 0 saturated carbocycles. The molecule has 0 saturated heterocycles. The summed E-state index contributed by atoms with van der Waals surface area (Å²) in [7, 11) is 1.99. The molecule has 4 heteroatoms. The summed E-state index contributed by atoms with van der Waals surface area (Å²) in [5.74, 6) is 0.311. The van der Waals surface area contributed by atoms with Crippen molar-refractivity contribution in [3.63, 3.8) is 0 Å². The number of anilines is 2. The van der Waals surface area contributed by atoms with Crippen LogP contribution in [-0.4, -0.2) is 13.6 Å². The van der Waals surface area contributed by atoms with E-state index < -0.39 is 0 Å². The Balaban J connectivity index is 2.32. The fraction of sp³-hybridized carbons (Fsp3) is 0.368. The summed E-state index contributed by atoms with van der Waals surface area (Å²) in [5.41, 5.74) is 8.96. The van der Waals surface area contributed by atoms with Crippen molar-refractivity contribution in [3.8, 4) is 0 Å². The summed E-state index contributed by atoms with van der Waals surface area (Å²) in [4.78, 5) is 2.07. The van der Waals surface area contributed by atoms with Crippen molar-refractivity contribution in [2.75, 3.05) is 18.5 Å². The Morgan fingerprint density at radius 1 is 1.17 bits per heavy atom. The van der Waals surface area contributed by atoms with Crippen LogP contribution in [0.3, 0.4) is 0 Å². The van der Waals surface area contributed by atoms with E-state index in [1.807, 2.05) is 25.2 Å². The van der Waals surface area contributed by atoms with Gasteiger partial charge >= 0.3 is 0 Å². The molecule has 2 N–H and O–H groups in total. The highest BCUT2D eigenvalue weighted by Crippen LogP contribution is 2.32. The van der Waals surface area contributed by atoms with Gasteiger partial charge in [-0.2, -0.15) is 0 Å². The predicted octanol–water partition coefficient (Wildman–Crippen LogP) is 5.16. The van der Waals surface area contributed by atoms with E-state index in [0.717, 1.165) is 35.7 Å². The van der Waals surface area contributed by atoms with Gasteiger partial charge in [0, 0.05) is 23.4 Å². The molecule has 2 aromatic rings. The minimum absolute atomic E-state index is 0.229. The van der Waals surface area contributed by atoms with Gasteiger partial charge in [0.15, 0.2) is 0 Å². The Morgan fingerprint density at radius 3 is 2.48 bits per heavy atom. The third-order valence-corrected chi connectivity index (χ3v) is 4.51. The lowest BCUT2D eigenvalue weighted by Crippen LogP contribution is -2.15. The Bertz CT molecular complexity index is 628. The topological polar surface area (TPSA) is 29.3 Å². The molecule has 0 aliphatic heterocycles. The summed E-state index contributed by atoms with van der Waals surface area (Å²) >= 11 is 6.20. The van der Waals surface area contributed by atoms with E-state index in [1.54, 1.807) is 12.1 Å². The van der Waals surface area contributed by atoms with Crippen LogP contribution in [0.5, 0.6) is 0 Å². The molecule has 0 spiro atoms. The first-order valence-electron chi connectivity index (χ1n) is 8.03. The molecule has 0 aliphatic carbocycles. The van der Waals surface area contributed by atoms with E-state index in [9.17, 15) is 4.39 Å². The average molecular weight is 335 g/mol. The molecule has 0 amide bonds. The quantitative estimate of drug-likeness (QED) is 0.757. The van der Waals surface area contributed by atoms with Gasteiger partial charge in [-0.1, -0.05) is 24.9 Å². The zero-order valence-corrected chi connectivity index (χ0v) is 14.5. The molecular formula is C19H24ClFN2. The van der Waals surface area contributed by atoms with Gasteiger partial charge in [0.25, 0.3) is 0 Å². The molecule has 23 heavy (non-hydrogen) atoms. The summed E-state index contributed by atoms with van der Waals surface area (Å²) in [5, 5.41) is 0.735. The molecule has 1 unspecified atom stereocenters. The van der Waals surface area contributed by atoms with E-state index in [0.29, 0.717) is 12.5 Å². The Labute approximate surface area is 143 Å². The van der Waals surface area contributed by atoms with Crippen molar-refractivity contribution in [1.82, 2.24) is 0 Å². The third kappa shape index (κ3) is 4.69. The molecule has 2 rings (SSSR count). The second-order valence-corrected chi connectivity index (χ2v) is 6.30. The number of nitrogens with two attached hydrogens (primary N) is 1. The predicted molar refractivity (Wildman–Crippen MR) is 97.1 cm³/mol. The van der Waals surface area contributed by atoms with Gasteiger partial charge in [0.05, 0.1) is 0 Å². The SMILES string of the molecule is CCC(CCN)Cc1cc(Cl)ccc1N(C)c1ccc(F)cc1. The largest absolute Gasteiger partial charge is 0.344 e. The van der Waals surface area contributed by atoms with Crippen molar-refractivity contribution in [1.29, 1.82) is 0 Å².